The second-order valence-corrected chi connectivity index (χ2v) is 8.57. The number of aliphatic imine (C=N–C) groups is 2. The van der Waals surface area contributed by atoms with Crippen molar-refractivity contribution in [3.8, 4) is 0 Å². The third-order valence-electron chi connectivity index (χ3n) is 4.60. The molecule has 0 aliphatic heterocycles. The van der Waals surface area contributed by atoms with Gasteiger partial charge in [0.2, 0.25) is 23.6 Å². The van der Waals surface area contributed by atoms with Crippen LogP contribution in [0.5, 0.6) is 0 Å². The molecule has 0 aromatic carbocycles. The fourth-order valence-corrected chi connectivity index (χ4v) is 3.23. The van der Waals surface area contributed by atoms with E-state index in [-0.39, 0.29) is 31.3 Å². The third-order valence-corrected chi connectivity index (χ3v) is 5.24. The minimum absolute atomic E-state index is 0.0593. The normalized spacial score (nSPS) is 13.0. The Morgan fingerprint density at radius 1 is 0.800 bits per heavy atom. The van der Waals surface area contributed by atoms with Crippen molar-refractivity contribution in [1.82, 2.24) is 16.0 Å². The minimum Gasteiger partial charge on any atom is -0.370 e. The maximum Gasteiger partial charge on any atom is 0.243 e. The van der Waals surface area contributed by atoms with Gasteiger partial charge in [0.25, 0.3) is 0 Å². The van der Waals surface area contributed by atoms with Gasteiger partial charge in [-0.05, 0) is 44.1 Å². The van der Waals surface area contributed by atoms with Crippen LogP contribution in [0.3, 0.4) is 0 Å². The minimum atomic E-state index is -0.989. The highest BCUT2D eigenvalue weighted by Gasteiger charge is 2.24. The van der Waals surface area contributed by atoms with E-state index in [2.05, 4.69) is 25.9 Å². The van der Waals surface area contributed by atoms with Crippen LogP contribution in [0, 0.1) is 0 Å². The van der Waals surface area contributed by atoms with Crippen molar-refractivity contribution in [2.45, 2.75) is 50.2 Å². The smallest absolute Gasteiger partial charge is 0.243 e. The molecule has 0 heterocycles. The molecule has 0 saturated carbocycles. The van der Waals surface area contributed by atoms with Crippen molar-refractivity contribution in [2.75, 3.05) is 31.6 Å². The zero-order valence-corrected chi connectivity index (χ0v) is 20.8. The molecule has 0 bridgehead atoms. The molecule has 16 heteroatoms. The summed E-state index contributed by atoms with van der Waals surface area (Å²) in [6.45, 7) is 0.138. The summed E-state index contributed by atoms with van der Waals surface area (Å²) < 4.78 is 0. The van der Waals surface area contributed by atoms with Crippen LogP contribution in [0.2, 0.25) is 0 Å². The fourth-order valence-electron chi connectivity index (χ4n) is 2.76. The highest BCUT2D eigenvalue weighted by molar-refractivity contribution is 7.98. The summed E-state index contributed by atoms with van der Waals surface area (Å²) in [4.78, 5) is 56.5. The number of carbonyl (C=O) groups is 4. The largest absolute Gasteiger partial charge is 0.370 e. The third kappa shape index (κ3) is 16.1. The molecule has 0 saturated heterocycles. The molecule has 0 aromatic heterocycles. The molecule has 15 nitrogen and oxygen atoms in total. The number of guanidine groups is 2. The second-order valence-electron chi connectivity index (χ2n) is 7.59. The first-order valence-electron chi connectivity index (χ1n) is 11.0. The quantitative estimate of drug-likeness (QED) is 0.0479. The van der Waals surface area contributed by atoms with Gasteiger partial charge in [0, 0.05) is 13.1 Å². The number of nitrogens with two attached hydrogens (primary N) is 6. The SMILES string of the molecule is CSCC[C@H](NC(=O)CNC(=O)[C@H](CCCN=C(N)N)NC(=O)[C@@H](N)CCCN=C(N)N)C(N)=O. The van der Waals surface area contributed by atoms with Gasteiger partial charge >= 0.3 is 0 Å². The molecule has 0 fully saturated rings. The number of amides is 4. The number of carbonyl (C=O) groups excluding carboxylic acids is 4. The zero-order valence-electron chi connectivity index (χ0n) is 20.0. The van der Waals surface area contributed by atoms with Gasteiger partial charge < -0.3 is 50.4 Å². The fraction of sp³-hybridized carbons (Fsp3) is 0.684. The number of rotatable bonds is 18. The summed E-state index contributed by atoms with van der Waals surface area (Å²) in [5.74, 6) is -1.95. The summed E-state index contributed by atoms with van der Waals surface area (Å²) in [7, 11) is 0. The highest BCUT2D eigenvalue weighted by Crippen LogP contribution is 2.03. The molecule has 35 heavy (non-hydrogen) atoms. The van der Waals surface area contributed by atoms with Crippen LogP contribution in [0.25, 0.3) is 0 Å². The summed E-state index contributed by atoms with van der Waals surface area (Å²) >= 11 is 1.50. The van der Waals surface area contributed by atoms with Gasteiger partial charge in [-0.2, -0.15) is 11.8 Å². The predicted octanol–water partition coefficient (Wildman–Crippen LogP) is -4.25. The highest BCUT2D eigenvalue weighted by atomic mass is 32.2. The van der Waals surface area contributed by atoms with Gasteiger partial charge in [0.15, 0.2) is 11.9 Å². The van der Waals surface area contributed by atoms with Crippen LogP contribution in [0.4, 0.5) is 0 Å². The van der Waals surface area contributed by atoms with Gasteiger partial charge in [-0.15, -0.1) is 0 Å². The lowest BCUT2D eigenvalue weighted by molar-refractivity contribution is -0.131. The molecule has 3 atom stereocenters. The van der Waals surface area contributed by atoms with E-state index in [1.54, 1.807) is 0 Å². The number of thioether (sulfide) groups is 1. The Balaban J connectivity index is 4.96. The Bertz CT molecular complexity index is 755. The lowest BCUT2D eigenvalue weighted by Crippen LogP contribution is -2.53. The van der Waals surface area contributed by atoms with Gasteiger partial charge in [-0.3, -0.25) is 29.2 Å². The number of nitrogens with one attached hydrogen (secondary N) is 3. The van der Waals surface area contributed by atoms with Crippen LogP contribution in [0.1, 0.15) is 32.1 Å². The van der Waals surface area contributed by atoms with E-state index in [0.29, 0.717) is 31.6 Å². The number of nitrogens with zero attached hydrogens (tertiary/aromatic N) is 2. The molecule has 15 N–H and O–H groups in total. The van der Waals surface area contributed by atoms with E-state index >= 15 is 0 Å². The molecule has 0 aliphatic carbocycles. The van der Waals surface area contributed by atoms with Crippen molar-refractivity contribution in [1.29, 1.82) is 0 Å². The second kappa shape index (κ2) is 18.1. The van der Waals surface area contributed by atoms with E-state index in [1.165, 1.54) is 11.8 Å². The average Bonchev–Trinajstić information content (AvgIpc) is 2.78. The van der Waals surface area contributed by atoms with Gasteiger partial charge in [-0.1, -0.05) is 0 Å². The number of primary amides is 1. The van der Waals surface area contributed by atoms with E-state index in [9.17, 15) is 19.2 Å². The average molecular weight is 518 g/mol. The van der Waals surface area contributed by atoms with E-state index < -0.39 is 48.3 Å². The molecule has 0 radical (unpaired) electrons. The van der Waals surface area contributed by atoms with E-state index in [1.807, 2.05) is 6.26 Å². The maximum absolute atomic E-state index is 12.7. The first-order valence-corrected chi connectivity index (χ1v) is 12.4. The standard InChI is InChI=1S/C19H39N11O4S/c1-35-9-6-12(15(21)32)29-14(31)10-28-17(34)13(5-3-8-27-19(24)25)30-16(33)11(20)4-2-7-26-18(22)23/h11-13H,2-10,20H2,1H3,(H2,21,32)(H,28,34)(H,29,31)(H,30,33)(H4,22,23,26)(H4,24,25,27)/t11-,12-,13-/m0/s1. The summed E-state index contributed by atoms with van der Waals surface area (Å²) in [6, 6.07) is -2.73. The van der Waals surface area contributed by atoms with Crippen molar-refractivity contribution in [3.63, 3.8) is 0 Å². The molecule has 0 unspecified atom stereocenters. The molecule has 200 valence electrons. The van der Waals surface area contributed by atoms with Gasteiger partial charge in [-0.25, -0.2) is 0 Å². The Morgan fingerprint density at radius 3 is 1.89 bits per heavy atom. The van der Waals surface area contributed by atoms with Crippen LogP contribution in [-0.2, 0) is 19.2 Å². The van der Waals surface area contributed by atoms with E-state index in [0.717, 1.165) is 0 Å². The van der Waals surface area contributed by atoms with Crippen molar-refractivity contribution in [2.24, 2.45) is 44.4 Å². The van der Waals surface area contributed by atoms with Crippen LogP contribution < -0.4 is 50.4 Å². The van der Waals surface area contributed by atoms with Crippen molar-refractivity contribution in [3.05, 3.63) is 0 Å². The first-order chi connectivity index (χ1) is 16.5. The molecule has 0 aliphatic rings. The number of hydrogen-bond donors (Lipinski definition) is 9. The topological polar surface area (TPSA) is 285 Å². The molecule has 0 rings (SSSR count). The summed E-state index contributed by atoms with van der Waals surface area (Å²) in [5.41, 5.74) is 32.3. The Hall–Kier alpha value is -3.27. The molecule has 4 amide bonds. The van der Waals surface area contributed by atoms with Crippen molar-refractivity contribution >= 4 is 47.3 Å². The molecule has 0 aromatic rings. The Labute approximate surface area is 209 Å². The summed E-state index contributed by atoms with van der Waals surface area (Å²) in [5, 5.41) is 7.51. The lowest BCUT2D eigenvalue weighted by atomic mass is 10.1. The molecule has 0 spiro atoms. The Kier molecular flexibility index (Phi) is 16.4. The van der Waals surface area contributed by atoms with Crippen molar-refractivity contribution < 1.29 is 19.2 Å². The predicted molar refractivity (Wildman–Crippen MR) is 137 cm³/mol. The van der Waals surface area contributed by atoms with Crippen LogP contribution in [0.15, 0.2) is 9.98 Å². The number of hydrogen-bond acceptors (Lipinski definition) is 8. The maximum atomic E-state index is 12.7. The van der Waals surface area contributed by atoms with E-state index in [4.69, 9.17) is 34.4 Å². The van der Waals surface area contributed by atoms with Gasteiger partial charge in [0.1, 0.15) is 12.1 Å². The lowest BCUT2D eigenvalue weighted by Gasteiger charge is -2.21. The zero-order chi connectivity index (χ0) is 26.8. The summed E-state index contributed by atoms with van der Waals surface area (Å²) in [6.07, 6.45) is 3.54. The van der Waals surface area contributed by atoms with Crippen LogP contribution in [-0.4, -0.2) is 85.3 Å². The van der Waals surface area contributed by atoms with Crippen LogP contribution >= 0.6 is 11.8 Å². The first kappa shape index (κ1) is 31.7. The monoisotopic (exact) mass is 517 g/mol. The van der Waals surface area contributed by atoms with Gasteiger partial charge in [0.05, 0.1) is 12.6 Å². The molecular formula is C19H39N11O4S. The molecular weight excluding hydrogens is 478 g/mol. The Morgan fingerprint density at radius 2 is 1.37 bits per heavy atom.